The average Bonchev–Trinajstić information content (AvgIpc) is 3.66. The third-order valence-electron chi connectivity index (χ3n) is 6.85. The molecule has 0 fully saturated rings. The lowest BCUT2D eigenvalue weighted by Crippen LogP contribution is -2.21. The third-order valence-corrected chi connectivity index (χ3v) is 9.50. The van der Waals surface area contributed by atoms with Crippen LogP contribution in [-0.4, -0.2) is 49.7 Å². The van der Waals surface area contributed by atoms with Crippen LogP contribution in [0.4, 0.5) is 20.6 Å². The number of para-hydroxylation sites is 1. The minimum absolute atomic E-state index is 0.00740. The molecule has 3 N–H and O–H groups in total. The molecule has 0 radical (unpaired) electrons. The molecule has 0 unspecified atom stereocenters. The Balaban J connectivity index is 1.41. The van der Waals surface area contributed by atoms with Crippen molar-refractivity contribution in [3.63, 3.8) is 0 Å². The Morgan fingerprint density at radius 2 is 1.70 bits per heavy atom. The molecule has 0 saturated heterocycles. The first kappa shape index (κ1) is 32.0. The minimum atomic E-state index is -3.95. The van der Waals surface area contributed by atoms with E-state index in [2.05, 4.69) is 15.4 Å². The number of benzene rings is 3. The molecule has 238 valence electrons. The average molecular weight is 668 g/mol. The molecule has 5 aromatic rings. The number of halogens is 1. The van der Waals surface area contributed by atoms with E-state index >= 15 is 0 Å². The van der Waals surface area contributed by atoms with Crippen LogP contribution in [0.1, 0.15) is 31.2 Å². The summed E-state index contributed by atoms with van der Waals surface area (Å²) in [6.45, 7) is 1.69. The number of carboxylic acids is 1. The zero-order valence-corrected chi connectivity index (χ0v) is 26.1. The summed E-state index contributed by atoms with van der Waals surface area (Å²) < 4.78 is 59.0. The standard InChI is InChI=1S/C31H26FN3O9S2/c1-17-7-9-20(10-8-17)46(40,41)35-12-11-18-5-4-6-19(27(18)35)15-44-25-14-22(21(32)13-24(25)42-2)33-31(39)34-23-16-45-28(30(38)43-3)26(23)29(36)37/h4-14,16H,15H2,1-3H3,(H,36,37)(H2,33,34,39). The molecule has 15 heteroatoms. The molecular formula is C31H26FN3O9S2. The number of fused-ring (bicyclic) bond motifs is 1. The van der Waals surface area contributed by atoms with E-state index in [4.69, 9.17) is 9.47 Å². The zero-order valence-electron chi connectivity index (χ0n) is 24.5. The number of aryl methyl sites for hydroxylation is 1. The predicted octanol–water partition coefficient (Wildman–Crippen LogP) is 6.10. The van der Waals surface area contributed by atoms with E-state index in [0.29, 0.717) is 16.5 Å². The van der Waals surface area contributed by atoms with Crippen LogP contribution in [0.2, 0.25) is 0 Å². The van der Waals surface area contributed by atoms with Crippen molar-refractivity contribution in [2.75, 3.05) is 24.9 Å². The number of carbonyl (C=O) groups is 3. The Labute approximate surface area is 266 Å². The second kappa shape index (κ2) is 12.9. The number of carboxylic acid groups (broad SMARTS) is 1. The van der Waals surface area contributed by atoms with Crippen LogP contribution >= 0.6 is 11.3 Å². The van der Waals surface area contributed by atoms with Crippen LogP contribution in [0.15, 0.2) is 77.1 Å². The number of anilines is 2. The molecule has 0 aliphatic carbocycles. The molecule has 0 atom stereocenters. The Kier molecular flexibility index (Phi) is 8.98. The smallest absolute Gasteiger partial charge is 0.349 e. The van der Waals surface area contributed by atoms with Gasteiger partial charge in [0.1, 0.15) is 17.0 Å². The number of nitrogens with one attached hydrogen (secondary N) is 2. The van der Waals surface area contributed by atoms with Gasteiger partial charge in [0.2, 0.25) is 0 Å². The van der Waals surface area contributed by atoms with Crippen LogP contribution < -0.4 is 20.1 Å². The maximum atomic E-state index is 15.0. The van der Waals surface area contributed by atoms with Crippen molar-refractivity contribution >= 4 is 61.6 Å². The van der Waals surface area contributed by atoms with Crippen molar-refractivity contribution in [3.05, 3.63) is 99.6 Å². The number of esters is 1. The van der Waals surface area contributed by atoms with Crippen LogP contribution in [0.3, 0.4) is 0 Å². The monoisotopic (exact) mass is 667 g/mol. The number of hydrogen-bond acceptors (Lipinski definition) is 9. The van der Waals surface area contributed by atoms with Gasteiger partial charge < -0.3 is 30.0 Å². The fourth-order valence-electron chi connectivity index (χ4n) is 4.62. The zero-order chi connectivity index (χ0) is 33.2. The molecule has 0 saturated carbocycles. The van der Waals surface area contributed by atoms with Crippen LogP contribution in [0, 0.1) is 12.7 Å². The van der Waals surface area contributed by atoms with E-state index in [1.165, 1.54) is 40.9 Å². The Morgan fingerprint density at radius 3 is 2.37 bits per heavy atom. The SMILES string of the molecule is COC(=O)c1scc(NC(=O)Nc2cc(OCc3cccc4ccn(S(=O)(=O)c5ccc(C)cc5)c34)c(OC)cc2F)c1C(=O)O. The summed E-state index contributed by atoms with van der Waals surface area (Å²) in [7, 11) is -1.57. The normalized spacial score (nSPS) is 11.2. The molecule has 2 aromatic heterocycles. The summed E-state index contributed by atoms with van der Waals surface area (Å²) in [5.74, 6) is -3.25. The Morgan fingerprint density at radius 1 is 0.978 bits per heavy atom. The molecule has 2 amide bonds. The minimum Gasteiger partial charge on any atom is -0.493 e. The van der Waals surface area contributed by atoms with Crippen molar-refractivity contribution in [1.82, 2.24) is 3.97 Å². The van der Waals surface area contributed by atoms with Gasteiger partial charge in [0.15, 0.2) is 17.3 Å². The van der Waals surface area contributed by atoms with Gasteiger partial charge in [-0.1, -0.05) is 35.9 Å². The molecule has 0 spiro atoms. The first-order valence-corrected chi connectivity index (χ1v) is 15.7. The molecule has 0 bridgehead atoms. The van der Waals surface area contributed by atoms with Crippen LogP contribution in [-0.2, 0) is 21.4 Å². The molecular weight excluding hydrogens is 641 g/mol. The fraction of sp³-hybridized carbons (Fsp3) is 0.129. The van der Waals surface area contributed by atoms with Crippen molar-refractivity contribution < 1.29 is 46.5 Å². The molecule has 12 nitrogen and oxygen atoms in total. The van der Waals surface area contributed by atoms with Crippen molar-refractivity contribution in [2.24, 2.45) is 0 Å². The molecule has 3 aromatic carbocycles. The van der Waals surface area contributed by atoms with Gasteiger partial charge in [-0.2, -0.15) is 0 Å². The number of aromatic nitrogens is 1. The lowest BCUT2D eigenvalue weighted by molar-refractivity contribution is 0.0589. The Hall–Kier alpha value is -5.41. The number of amides is 2. The second-order valence-electron chi connectivity index (χ2n) is 9.79. The van der Waals surface area contributed by atoms with Gasteiger partial charge in [0, 0.05) is 34.7 Å². The van der Waals surface area contributed by atoms with E-state index in [9.17, 15) is 32.3 Å². The summed E-state index contributed by atoms with van der Waals surface area (Å²) >= 11 is 0.756. The number of methoxy groups -OCH3 is 2. The van der Waals surface area contributed by atoms with E-state index in [1.54, 1.807) is 36.4 Å². The lowest BCUT2D eigenvalue weighted by Gasteiger charge is -2.16. The predicted molar refractivity (Wildman–Crippen MR) is 168 cm³/mol. The number of ether oxygens (including phenoxy) is 3. The topological polar surface area (TPSA) is 162 Å². The van der Waals surface area contributed by atoms with E-state index < -0.39 is 39.4 Å². The summed E-state index contributed by atoms with van der Waals surface area (Å²) in [6.07, 6.45) is 1.46. The number of urea groups is 1. The first-order valence-electron chi connectivity index (χ1n) is 13.4. The van der Waals surface area contributed by atoms with Gasteiger partial charge in [-0.15, -0.1) is 11.3 Å². The Bertz CT molecular complexity index is 2090. The molecule has 46 heavy (non-hydrogen) atoms. The summed E-state index contributed by atoms with van der Waals surface area (Å²) in [4.78, 5) is 36.3. The van der Waals surface area contributed by atoms with Gasteiger partial charge in [-0.25, -0.2) is 31.2 Å². The summed E-state index contributed by atoms with van der Waals surface area (Å²) in [5.41, 5.74) is 0.786. The fourth-order valence-corrected chi connectivity index (χ4v) is 6.92. The quantitative estimate of drug-likeness (QED) is 0.149. The number of thiophene rings is 1. The van der Waals surface area contributed by atoms with Gasteiger partial charge in [0.25, 0.3) is 10.0 Å². The van der Waals surface area contributed by atoms with Crippen LogP contribution in [0.5, 0.6) is 11.5 Å². The maximum Gasteiger partial charge on any atom is 0.349 e. The largest absolute Gasteiger partial charge is 0.493 e. The number of nitrogens with zero attached hydrogens (tertiary/aromatic N) is 1. The van der Waals surface area contributed by atoms with E-state index in [1.807, 2.05) is 6.92 Å². The van der Waals surface area contributed by atoms with Crippen molar-refractivity contribution in [3.8, 4) is 11.5 Å². The van der Waals surface area contributed by atoms with Gasteiger partial charge in [-0.3, -0.25) is 0 Å². The third kappa shape index (κ3) is 6.23. The van der Waals surface area contributed by atoms with Gasteiger partial charge in [0.05, 0.1) is 36.0 Å². The highest BCUT2D eigenvalue weighted by Gasteiger charge is 2.26. The van der Waals surface area contributed by atoms with E-state index in [0.717, 1.165) is 30.1 Å². The van der Waals surface area contributed by atoms with Crippen LogP contribution in [0.25, 0.3) is 10.9 Å². The van der Waals surface area contributed by atoms with E-state index in [-0.39, 0.29) is 39.3 Å². The van der Waals surface area contributed by atoms with Gasteiger partial charge >= 0.3 is 18.0 Å². The molecule has 0 aliphatic rings. The number of rotatable bonds is 10. The lowest BCUT2D eigenvalue weighted by atomic mass is 10.1. The highest BCUT2D eigenvalue weighted by molar-refractivity contribution is 7.90. The van der Waals surface area contributed by atoms with Crippen molar-refractivity contribution in [1.29, 1.82) is 0 Å². The molecule has 2 heterocycles. The number of hydrogen-bond donors (Lipinski definition) is 3. The summed E-state index contributed by atoms with van der Waals surface area (Å²) in [6, 6.07) is 14.5. The highest BCUT2D eigenvalue weighted by Crippen LogP contribution is 2.35. The number of carbonyl (C=O) groups excluding carboxylic acids is 2. The number of aromatic carboxylic acids is 1. The summed E-state index contributed by atoms with van der Waals surface area (Å²) in [5, 5.41) is 16.0. The van der Waals surface area contributed by atoms with Gasteiger partial charge in [-0.05, 0) is 25.1 Å². The first-order chi connectivity index (χ1) is 21.9. The highest BCUT2D eigenvalue weighted by atomic mass is 32.2. The maximum absolute atomic E-state index is 15.0. The molecule has 0 aliphatic heterocycles. The second-order valence-corrected chi connectivity index (χ2v) is 12.5. The molecule has 5 rings (SSSR count). The van der Waals surface area contributed by atoms with Crippen molar-refractivity contribution in [2.45, 2.75) is 18.4 Å².